The Labute approximate surface area is 334 Å². The highest BCUT2D eigenvalue weighted by atomic mass is 35.5. The lowest BCUT2D eigenvalue weighted by molar-refractivity contribution is -0.122. The van der Waals surface area contributed by atoms with Crippen molar-refractivity contribution in [1.29, 1.82) is 5.26 Å². The van der Waals surface area contributed by atoms with Crippen molar-refractivity contribution in [2.24, 2.45) is 0 Å². The van der Waals surface area contributed by atoms with Crippen LogP contribution in [0.25, 0.3) is 11.1 Å². The fourth-order valence-electron chi connectivity index (χ4n) is 6.69. The Morgan fingerprint density at radius 3 is 2.32 bits per heavy atom. The molecule has 0 atom stereocenters. The molecule has 5 aromatic rings. The van der Waals surface area contributed by atoms with Gasteiger partial charge < -0.3 is 34.6 Å². The highest BCUT2D eigenvalue weighted by molar-refractivity contribution is 6.32. The first-order valence-electron chi connectivity index (χ1n) is 18.8. The molecule has 0 bridgehead atoms. The van der Waals surface area contributed by atoms with Gasteiger partial charge in [0.15, 0.2) is 0 Å². The molecule has 0 saturated carbocycles. The number of halogens is 1. The molecule has 0 amide bonds. The van der Waals surface area contributed by atoms with Gasteiger partial charge in [0.05, 0.1) is 17.2 Å². The predicted molar refractivity (Wildman–Crippen MR) is 218 cm³/mol. The van der Waals surface area contributed by atoms with Crippen LogP contribution in [-0.4, -0.2) is 59.4 Å². The number of aromatic nitrogens is 1. The summed E-state index contributed by atoms with van der Waals surface area (Å²) >= 11 is 6.85. The molecule has 1 saturated heterocycles. The van der Waals surface area contributed by atoms with E-state index < -0.39 is 0 Å². The molecule has 56 heavy (non-hydrogen) atoms. The van der Waals surface area contributed by atoms with Crippen LogP contribution in [0, 0.1) is 25.2 Å². The topological polar surface area (TPSA) is 137 Å². The molecule has 1 aliphatic heterocycles. The maximum Gasteiger partial charge on any atom is 0.290 e. The van der Waals surface area contributed by atoms with Crippen molar-refractivity contribution in [2.45, 2.75) is 59.3 Å². The summed E-state index contributed by atoms with van der Waals surface area (Å²) < 4.78 is 19.0. The number of nitrogens with zero attached hydrogens (tertiary/aromatic N) is 3. The van der Waals surface area contributed by atoms with Gasteiger partial charge in [0.2, 0.25) is 0 Å². The van der Waals surface area contributed by atoms with E-state index in [0.717, 1.165) is 76.2 Å². The van der Waals surface area contributed by atoms with Gasteiger partial charge in [0, 0.05) is 42.7 Å². The van der Waals surface area contributed by atoms with Crippen LogP contribution in [0.3, 0.4) is 0 Å². The smallest absolute Gasteiger partial charge is 0.290 e. The third-order valence-electron chi connectivity index (χ3n) is 9.75. The number of carbonyl (C=O) groups is 1. The van der Waals surface area contributed by atoms with Crippen LogP contribution in [0.1, 0.15) is 58.2 Å². The van der Waals surface area contributed by atoms with Crippen molar-refractivity contribution in [3.8, 4) is 40.2 Å². The molecule has 0 spiro atoms. The molecule has 11 heteroatoms. The van der Waals surface area contributed by atoms with E-state index in [4.69, 9.17) is 35.7 Å². The lowest BCUT2D eigenvalue weighted by atomic mass is 9.93. The Bertz CT molecular complexity index is 2080. The van der Waals surface area contributed by atoms with E-state index in [-0.39, 0.29) is 18.8 Å². The number of phenolic OH excluding ortho intramolecular Hbond substituents is 1. The summed E-state index contributed by atoms with van der Waals surface area (Å²) in [5.74, 6) is 2.32. The number of benzene rings is 4. The third kappa shape index (κ3) is 11.9. The molecule has 6 rings (SSSR count). The molecule has 292 valence electrons. The fourth-order valence-corrected chi connectivity index (χ4v) is 6.93. The molecule has 2 heterocycles. The normalized spacial score (nSPS) is 12.3. The number of carboxylic acid groups (broad SMARTS) is 1. The Morgan fingerprint density at radius 1 is 0.857 bits per heavy atom. The first-order valence-corrected chi connectivity index (χ1v) is 19.2. The number of rotatable bonds is 17. The molecule has 1 aromatic heterocycles. The summed E-state index contributed by atoms with van der Waals surface area (Å²) in [7, 11) is 0. The number of pyridine rings is 1. The minimum Gasteiger partial charge on any atom is -0.508 e. The van der Waals surface area contributed by atoms with Crippen LogP contribution in [0.4, 0.5) is 0 Å². The minimum atomic E-state index is -0.250. The van der Waals surface area contributed by atoms with Crippen molar-refractivity contribution in [1.82, 2.24) is 15.2 Å². The van der Waals surface area contributed by atoms with Gasteiger partial charge in [-0.3, -0.25) is 9.78 Å². The minimum absolute atomic E-state index is 0.228. The molecule has 10 nitrogen and oxygen atoms in total. The molecular formula is C45H49ClN4O6. The van der Waals surface area contributed by atoms with Gasteiger partial charge in [0.1, 0.15) is 42.3 Å². The Balaban J connectivity index is 0.00000194. The van der Waals surface area contributed by atoms with Crippen molar-refractivity contribution in [2.75, 3.05) is 32.8 Å². The zero-order valence-electron chi connectivity index (χ0n) is 32.0. The van der Waals surface area contributed by atoms with Crippen LogP contribution in [0.2, 0.25) is 5.02 Å². The summed E-state index contributed by atoms with van der Waals surface area (Å²) in [6, 6.07) is 27.4. The second-order valence-corrected chi connectivity index (χ2v) is 14.0. The standard InChI is InChI=1S/C44H47ClN4O4.CH2O2/c1-31-36(8-5-9-39(31)40-10-6-11-42(32(40)2)51-21-7-20-49-18-3-4-19-49)30-53-44-24-43(52-29-35-22-34(25-46)26-48-27-35)37(23-41(44)45)28-47-17-16-33-12-14-38(50)15-13-33;2-1-3/h5-6,8-15,22-24,26-27,47,50H,3-4,7,16-21,28-30H2,1-2H3;1H,(H,2,3). The summed E-state index contributed by atoms with van der Waals surface area (Å²) in [6.07, 6.45) is 7.66. The molecule has 1 aliphatic rings. The highest BCUT2D eigenvalue weighted by Crippen LogP contribution is 2.36. The Hall–Kier alpha value is -5.60. The molecule has 0 radical (unpaired) electrons. The molecular weight excluding hydrogens is 728 g/mol. The molecule has 3 N–H and O–H groups in total. The van der Waals surface area contributed by atoms with Crippen molar-refractivity contribution in [3.05, 3.63) is 135 Å². The number of aromatic hydroxyl groups is 1. The fraction of sp³-hybridized carbons (Fsp3) is 0.311. The number of phenols is 1. The van der Waals surface area contributed by atoms with Gasteiger partial charge in [-0.25, -0.2) is 0 Å². The lowest BCUT2D eigenvalue weighted by Crippen LogP contribution is -2.22. The molecule has 1 fully saturated rings. The number of nitriles is 1. The van der Waals surface area contributed by atoms with E-state index in [2.05, 4.69) is 71.5 Å². The third-order valence-corrected chi connectivity index (χ3v) is 10.0. The van der Waals surface area contributed by atoms with Gasteiger partial charge in [-0.05, 0) is 123 Å². The van der Waals surface area contributed by atoms with Gasteiger partial charge in [0.25, 0.3) is 6.47 Å². The first-order chi connectivity index (χ1) is 27.3. The quantitative estimate of drug-likeness (QED) is 0.0622. The van der Waals surface area contributed by atoms with E-state index in [1.165, 1.54) is 32.1 Å². The maximum absolute atomic E-state index is 9.59. The number of hydrogen-bond donors (Lipinski definition) is 3. The SMILES string of the molecule is Cc1c(COc2cc(OCc3cncc(C#N)c3)c(CNCCc3ccc(O)cc3)cc2Cl)cccc1-c1cccc(OCCCN2CCCC2)c1C.O=CO. The summed E-state index contributed by atoms with van der Waals surface area (Å²) in [5, 5.41) is 29.8. The summed E-state index contributed by atoms with van der Waals surface area (Å²) in [6.45, 7) is 10.0. The number of nitrogens with one attached hydrogen (secondary N) is 1. The number of hydrogen-bond acceptors (Lipinski definition) is 9. The van der Waals surface area contributed by atoms with Gasteiger partial charge in [-0.15, -0.1) is 0 Å². The van der Waals surface area contributed by atoms with Gasteiger partial charge in [-0.1, -0.05) is 54.1 Å². The second-order valence-electron chi connectivity index (χ2n) is 13.6. The Kier molecular flexibility index (Phi) is 15.9. The van der Waals surface area contributed by atoms with Crippen molar-refractivity contribution >= 4 is 18.1 Å². The van der Waals surface area contributed by atoms with E-state index >= 15 is 0 Å². The molecule has 4 aromatic carbocycles. The molecule has 0 unspecified atom stereocenters. The van der Waals surface area contributed by atoms with Crippen molar-refractivity contribution in [3.63, 3.8) is 0 Å². The van der Waals surface area contributed by atoms with Crippen LogP contribution in [0.5, 0.6) is 23.0 Å². The Morgan fingerprint density at radius 2 is 1.57 bits per heavy atom. The number of likely N-dealkylation sites (tertiary alicyclic amines) is 1. The van der Waals surface area contributed by atoms with Crippen LogP contribution >= 0.6 is 11.6 Å². The zero-order chi connectivity index (χ0) is 39.7. The highest BCUT2D eigenvalue weighted by Gasteiger charge is 2.16. The number of ether oxygens (including phenoxy) is 3. The summed E-state index contributed by atoms with van der Waals surface area (Å²) in [5.41, 5.74) is 8.86. The molecule has 0 aliphatic carbocycles. The van der Waals surface area contributed by atoms with E-state index in [1.54, 1.807) is 24.4 Å². The maximum atomic E-state index is 9.59. The van der Waals surface area contributed by atoms with Crippen LogP contribution in [0.15, 0.2) is 91.3 Å². The summed E-state index contributed by atoms with van der Waals surface area (Å²) in [4.78, 5) is 15.1. The first kappa shape index (κ1) is 41.6. The van der Waals surface area contributed by atoms with E-state index in [0.29, 0.717) is 41.8 Å². The largest absolute Gasteiger partial charge is 0.508 e. The van der Waals surface area contributed by atoms with Crippen LogP contribution in [-0.2, 0) is 31.0 Å². The second kappa shape index (κ2) is 21.5. The average molecular weight is 777 g/mol. The van der Waals surface area contributed by atoms with Gasteiger partial charge >= 0.3 is 0 Å². The average Bonchev–Trinajstić information content (AvgIpc) is 3.73. The van der Waals surface area contributed by atoms with Crippen molar-refractivity contribution < 1.29 is 29.2 Å². The van der Waals surface area contributed by atoms with E-state index in [1.807, 2.05) is 24.3 Å². The lowest BCUT2D eigenvalue weighted by Gasteiger charge is -2.19. The zero-order valence-corrected chi connectivity index (χ0v) is 32.7. The monoisotopic (exact) mass is 776 g/mol. The van der Waals surface area contributed by atoms with E-state index in [9.17, 15) is 10.4 Å². The van der Waals surface area contributed by atoms with Crippen LogP contribution < -0.4 is 19.5 Å². The van der Waals surface area contributed by atoms with Gasteiger partial charge in [-0.2, -0.15) is 5.26 Å². The predicted octanol–water partition coefficient (Wildman–Crippen LogP) is 8.65.